The molecule has 1 rings (SSSR count). The molecule has 1 atom stereocenters. The summed E-state index contributed by atoms with van der Waals surface area (Å²) in [6.45, 7) is 10.9. The predicted molar refractivity (Wildman–Crippen MR) is 80.0 cm³/mol. The van der Waals surface area contributed by atoms with Gasteiger partial charge in [0.15, 0.2) is 0 Å². The van der Waals surface area contributed by atoms with Crippen LogP contribution in [0.3, 0.4) is 0 Å². The van der Waals surface area contributed by atoms with Gasteiger partial charge < -0.3 is 16.0 Å². The molecule has 0 aromatic heterocycles. The number of carbonyl (C=O) groups excluding carboxylic acids is 1. The summed E-state index contributed by atoms with van der Waals surface area (Å²) in [7, 11) is 0. The first-order valence-electron chi connectivity index (χ1n) is 7.69. The van der Waals surface area contributed by atoms with Crippen molar-refractivity contribution < 1.29 is 4.79 Å². The zero-order valence-electron chi connectivity index (χ0n) is 12.9. The average Bonchev–Trinajstić information content (AvgIpc) is 2.50. The fourth-order valence-electron chi connectivity index (χ4n) is 2.68. The van der Waals surface area contributed by atoms with Gasteiger partial charge in [0.1, 0.15) is 0 Å². The van der Waals surface area contributed by atoms with Crippen LogP contribution in [0.15, 0.2) is 0 Å². The first-order chi connectivity index (χ1) is 8.94. The quantitative estimate of drug-likeness (QED) is 0.740. The molecule has 0 aliphatic carbocycles. The van der Waals surface area contributed by atoms with Crippen LogP contribution >= 0.6 is 0 Å². The van der Waals surface area contributed by atoms with Crippen LogP contribution in [0, 0.1) is 5.41 Å². The number of hydrogen-bond acceptors (Lipinski definition) is 3. The third-order valence-electron chi connectivity index (χ3n) is 4.15. The molecule has 19 heavy (non-hydrogen) atoms. The zero-order chi connectivity index (χ0) is 14.3. The molecule has 1 unspecified atom stereocenters. The Balaban J connectivity index is 2.35. The van der Waals surface area contributed by atoms with Gasteiger partial charge in [-0.2, -0.15) is 0 Å². The Labute approximate surface area is 118 Å². The Morgan fingerprint density at radius 1 is 1.37 bits per heavy atom. The topological polar surface area (TPSA) is 58.4 Å². The number of nitrogens with zero attached hydrogens (tertiary/aromatic N) is 1. The second kappa shape index (κ2) is 7.85. The second-order valence-electron chi connectivity index (χ2n) is 6.56. The molecule has 4 nitrogen and oxygen atoms in total. The van der Waals surface area contributed by atoms with E-state index in [0.29, 0.717) is 5.41 Å². The van der Waals surface area contributed by atoms with E-state index in [1.165, 1.54) is 19.3 Å². The van der Waals surface area contributed by atoms with Gasteiger partial charge in [-0.25, -0.2) is 0 Å². The number of primary amides is 1. The van der Waals surface area contributed by atoms with Crippen LogP contribution < -0.4 is 11.1 Å². The van der Waals surface area contributed by atoms with E-state index in [2.05, 4.69) is 31.0 Å². The molecule has 0 radical (unpaired) electrons. The van der Waals surface area contributed by atoms with Gasteiger partial charge in [0, 0.05) is 6.54 Å². The number of nitrogens with one attached hydrogen (secondary N) is 1. The Morgan fingerprint density at radius 3 is 2.74 bits per heavy atom. The highest BCUT2D eigenvalue weighted by molar-refractivity contribution is 5.79. The number of carbonyl (C=O) groups is 1. The first-order valence-corrected chi connectivity index (χ1v) is 7.69. The van der Waals surface area contributed by atoms with Crippen LogP contribution in [0.25, 0.3) is 0 Å². The standard InChI is InChI=1S/C15H31N3O/c1-4-9-17-13(14(16)19)6-11-18-10-5-7-15(2,3)8-12-18/h13,17H,4-12H2,1-3H3,(H2,16,19). The van der Waals surface area contributed by atoms with E-state index in [1.807, 2.05) is 0 Å². The monoisotopic (exact) mass is 269 g/mol. The van der Waals surface area contributed by atoms with Crippen molar-refractivity contribution in [2.45, 2.75) is 58.9 Å². The smallest absolute Gasteiger partial charge is 0.234 e. The largest absolute Gasteiger partial charge is 0.368 e. The van der Waals surface area contributed by atoms with Crippen LogP contribution in [-0.4, -0.2) is 43.0 Å². The van der Waals surface area contributed by atoms with E-state index in [4.69, 9.17) is 5.73 Å². The number of amides is 1. The molecule has 112 valence electrons. The predicted octanol–water partition coefficient (Wildman–Crippen LogP) is 1.74. The number of likely N-dealkylation sites (tertiary alicyclic amines) is 1. The summed E-state index contributed by atoms with van der Waals surface area (Å²) in [5.74, 6) is -0.219. The van der Waals surface area contributed by atoms with Crippen molar-refractivity contribution in [2.75, 3.05) is 26.2 Å². The van der Waals surface area contributed by atoms with E-state index in [-0.39, 0.29) is 11.9 Å². The SMILES string of the molecule is CCCNC(CCN1CCCC(C)(C)CC1)C(N)=O. The normalized spacial score (nSPS) is 21.8. The van der Waals surface area contributed by atoms with Crippen LogP contribution in [0.1, 0.15) is 52.9 Å². The van der Waals surface area contributed by atoms with Crippen molar-refractivity contribution in [1.29, 1.82) is 0 Å². The molecular formula is C15H31N3O. The van der Waals surface area contributed by atoms with Gasteiger partial charge >= 0.3 is 0 Å². The lowest BCUT2D eigenvalue weighted by Gasteiger charge is -2.24. The minimum atomic E-state index is -0.219. The minimum Gasteiger partial charge on any atom is -0.368 e. The highest BCUT2D eigenvalue weighted by Gasteiger charge is 2.23. The second-order valence-corrected chi connectivity index (χ2v) is 6.56. The maximum absolute atomic E-state index is 11.4. The molecule has 0 bridgehead atoms. The van der Waals surface area contributed by atoms with Crippen LogP contribution in [0.5, 0.6) is 0 Å². The summed E-state index contributed by atoms with van der Waals surface area (Å²) in [5, 5.41) is 3.24. The molecule has 1 fully saturated rings. The van der Waals surface area contributed by atoms with Gasteiger partial charge in [-0.15, -0.1) is 0 Å². The summed E-state index contributed by atoms with van der Waals surface area (Å²) in [6, 6.07) is -0.170. The van der Waals surface area contributed by atoms with Gasteiger partial charge in [0.25, 0.3) is 0 Å². The highest BCUT2D eigenvalue weighted by Crippen LogP contribution is 2.29. The molecule has 0 saturated carbocycles. The summed E-state index contributed by atoms with van der Waals surface area (Å²) < 4.78 is 0. The minimum absolute atomic E-state index is 0.170. The van der Waals surface area contributed by atoms with Crippen molar-refractivity contribution in [2.24, 2.45) is 11.1 Å². The average molecular weight is 269 g/mol. The number of rotatable bonds is 7. The van der Waals surface area contributed by atoms with Gasteiger partial charge in [-0.05, 0) is 57.2 Å². The molecule has 0 aromatic rings. The number of nitrogens with two attached hydrogens (primary N) is 1. The summed E-state index contributed by atoms with van der Waals surface area (Å²) in [6.07, 6.45) is 5.67. The summed E-state index contributed by atoms with van der Waals surface area (Å²) >= 11 is 0. The Hall–Kier alpha value is -0.610. The lowest BCUT2D eigenvalue weighted by Crippen LogP contribution is -2.44. The fraction of sp³-hybridized carbons (Fsp3) is 0.933. The molecule has 3 N–H and O–H groups in total. The molecule has 1 aliphatic rings. The van der Waals surface area contributed by atoms with Crippen LogP contribution in [0.4, 0.5) is 0 Å². The van der Waals surface area contributed by atoms with Crippen molar-refractivity contribution in [1.82, 2.24) is 10.2 Å². The highest BCUT2D eigenvalue weighted by atomic mass is 16.1. The lowest BCUT2D eigenvalue weighted by atomic mass is 9.85. The van der Waals surface area contributed by atoms with E-state index >= 15 is 0 Å². The van der Waals surface area contributed by atoms with Crippen molar-refractivity contribution in [3.8, 4) is 0 Å². The van der Waals surface area contributed by atoms with Gasteiger partial charge in [0.2, 0.25) is 5.91 Å². The first kappa shape index (κ1) is 16.4. The van der Waals surface area contributed by atoms with Crippen LogP contribution in [-0.2, 0) is 4.79 Å². The molecule has 1 saturated heterocycles. The van der Waals surface area contributed by atoms with Crippen molar-refractivity contribution in [3.05, 3.63) is 0 Å². The summed E-state index contributed by atoms with van der Waals surface area (Å²) in [5.41, 5.74) is 5.92. The lowest BCUT2D eigenvalue weighted by molar-refractivity contribution is -0.120. The van der Waals surface area contributed by atoms with Crippen LogP contribution in [0.2, 0.25) is 0 Å². The molecule has 0 aromatic carbocycles. The third-order valence-corrected chi connectivity index (χ3v) is 4.15. The molecule has 1 amide bonds. The van der Waals surface area contributed by atoms with Gasteiger partial charge in [0.05, 0.1) is 6.04 Å². The molecule has 1 aliphatic heterocycles. The van der Waals surface area contributed by atoms with E-state index in [9.17, 15) is 4.79 Å². The zero-order valence-corrected chi connectivity index (χ0v) is 12.9. The molecule has 1 heterocycles. The Bertz CT molecular complexity index is 279. The van der Waals surface area contributed by atoms with Gasteiger partial charge in [-0.3, -0.25) is 4.79 Å². The summed E-state index contributed by atoms with van der Waals surface area (Å²) in [4.78, 5) is 13.9. The Morgan fingerprint density at radius 2 is 2.11 bits per heavy atom. The molecule has 4 heteroatoms. The Kier molecular flexibility index (Phi) is 6.80. The van der Waals surface area contributed by atoms with Gasteiger partial charge in [-0.1, -0.05) is 20.8 Å². The van der Waals surface area contributed by atoms with E-state index in [1.54, 1.807) is 0 Å². The maximum Gasteiger partial charge on any atom is 0.234 e. The third kappa shape index (κ3) is 6.39. The van der Waals surface area contributed by atoms with E-state index in [0.717, 1.165) is 39.0 Å². The van der Waals surface area contributed by atoms with Crippen molar-refractivity contribution >= 4 is 5.91 Å². The molecular weight excluding hydrogens is 238 g/mol. The fourth-order valence-corrected chi connectivity index (χ4v) is 2.68. The maximum atomic E-state index is 11.4. The van der Waals surface area contributed by atoms with E-state index < -0.39 is 0 Å². The number of hydrogen-bond donors (Lipinski definition) is 2. The van der Waals surface area contributed by atoms with Crippen molar-refractivity contribution in [3.63, 3.8) is 0 Å². The molecule has 0 spiro atoms.